The molecular weight excluding hydrogens is 190 g/mol. The molecule has 1 unspecified atom stereocenters. The molecule has 0 saturated carbocycles. The maximum Gasteiger partial charge on any atom is 0.305 e. The van der Waals surface area contributed by atoms with E-state index in [4.69, 9.17) is 5.11 Å². The fourth-order valence-electron chi connectivity index (χ4n) is 2.27. The molecule has 0 aromatic heterocycles. The Kier molecular flexibility index (Phi) is 2.49. The van der Waals surface area contributed by atoms with Crippen LogP contribution < -0.4 is 5.32 Å². The van der Waals surface area contributed by atoms with Crippen molar-refractivity contribution in [1.29, 1.82) is 0 Å². The Morgan fingerprint density at radius 1 is 1.53 bits per heavy atom. The lowest BCUT2D eigenvalue weighted by Crippen LogP contribution is -2.55. The van der Waals surface area contributed by atoms with Crippen LogP contribution in [0.2, 0.25) is 0 Å². The maximum atomic E-state index is 10.9. The molecule has 1 aliphatic heterocycles. The predicted octanol–water partition coefficient (Wildman–Crippen LogP) is 1.66. The lowest BCUT2D eigenvalue weighted by molar-refractivity contribution is -0.139. The van der Waals surface area contributed by atoms with Crippen molar-refractivity contribution in [1.82, 2.24) is 5.32 Å². The Labute approximate surface area is 89.1 Å². The molecule has 1 fully saturated rings. The Morgan fingerprint density at radius 2 is 2.20 bits per heavy atom. The molecule has 2 rings (SSSR count). The number of rotatable bonds is 3. The molecule has 1 aromatic carbocycles. The van der Waals surface area contributed by atoms with Gasteiger partial charge < -0.3 is 10.4 Å². The summed E-state index contributed by atoms with van der Waals surface area (Å²) in [5.41, 5.74) is 1.96. The number of benzene rings is 1. The van der Waals surface area contributed by atoms with Gasteiger partial charge in [-0.05, 0) is 31.0 Å². The van der Waals surface area contributed by atoms with Crippen molar-refractivity contribution < 1.29 is 9.90 Å². The summed E-state index contributed by atoms with van der Waals surface area (Å²) in [5.74, 6) is -0.745. The van der Waals surface area contributed by atoms with Crippen molar-refractivity contribution in [2.75, 3.05) is 6.54 Å². The molecule has 3 heteroatoms. The van der Waals surface area contributed by atoms with Crippen LogP contribution in [0.4, 0.5) is 0 Å². The van der Waals surface area contributed by atoms with Gasteiger partial charge in [-0.15, -0.1) is 0 Å². The van der Waals surface area contributed by atoms with Gasteiger partial charge >= 0.3 is 5.97 Å². The van der Waals surface area contributed by atoms with Crippen molar-refractivity contribution in [3.8, 4) is 0 Å². The molecule has 2 N–H and O–H groups in total. The van der Waals surface area contributed by atoms with E-state index < -0.39 is 5.97 Å². The molecule has 1 saturated heterocycles. The first-order valence-corrected chi connectivity index (χ1v) is 5.17. The summed E-state index contributed by atoms with van der Waals surface area (Å²) in [6.07, 6.45) is 1.07. The lowest BCUT2D eigenvalue weighted by atomic mass is 9.76. The number of nitrogens with one attached hydrogen (secondary N) is 1. The van der Waals surface area contributed by atoms with Gasteiger partial charge in [0.25, 0.3) is 0 Å². The number of aliphatic carboxylic acids is 1. The summed E-state index contributed by atoms with van der Waals surface area (Å²) in [5, 5.41) is 12.2. The Morgan fingerprint density at radius 3 is 2.67 bits per heavy atom. The predicted molar refractivity (Wildman–Crippen MR) is 57.7 cm³/mol. The molecule has 0 spiro atoms. The zero-order valence-electron chi connectivity index (χ0n) is 8.79. The zero-order valence-corrected chi connectivity index (χ0v) is 8.79. The molecule has 15 heavy (non-hydrogen) atoms. The van der Waals surface area contributed by atoms with E-state index in [2.05, 4.69) is 5.32 Å². The highest BCUT2D eigenvalue weighted by Crippen LogP contribution is 2.36. The summed E-state index contributed by atoms with van der Waals surface area (Å²) >= 11 is 0. The molecule has 1 heterocycles. The van der Waals surface area contributed by atoms with E-state index in [-0.39, 0.29) is 12.0 Å². The van der Waals surface area contributed by atoms with Gasteiger partial charge in [0, 0.05) is 0 Å². The van der Waals surface area contributed by atoms with Crippen LogP contribution in [0, 0.1) is 6.92 Å². The summed E-state index contributed by atoms with van der Waals surface area (Å²) in [4.78, 5) is 10.9. The summed E-state index contributed by atoms with van der Waals surface area (Å²) in [6, 6.07) is 7.99. The Hall–Kier alpha value is -1.35. The first kappa shape index (κ1) is 10.2. The quantitative estimate of drug-likeness (QED) is 0.789. The highest BCUT2D eigenvalue weighted by atomic mass is 16.4. The summed E-state index contributed by atoms with van der Waals surface area (Å²) in [7, 11) is 0. The van der Waals surface area contributed by atoms with Crippen LogP contribution in [0.15, 0.2) is 24.3 Å². The van der Waals surface area contributed by atoms with E-state index in [0.29, 0.717) is 0 Å². The fourth-order valence-corrected chi connectivity index (χ4v) is 2.27. The van der Waals surface area contributed by atoms with Crippen LogP contribution in [0.3, 0.4) is 0 Å². The van der Waals surface area contributed by atoms with E-state index in [1.54, 1.807) is 0 Å². The van der Waals surface area contributed by atoms with Gasteiger partial charge in [-0.25, -0.2) is 0 Å². The number of carboxylic acid groups (broad SMARTS) is 1. The minimum absolute atomic E-state index is 0.165. The van der Waals surface area contributed by atoms with E-state index in [1.807, 2.05) is 31.2 Å². The highest BCUT2D eigenvalue weighted by molar-refractivity contribution is 5.69. The fraction of sp³-hybridized carbons (Fsp3) is 0.417. The number of carboxylic acids is 1. The van der Waals surface area contributed by atoms with Crippen LogP contribution in [0.1, 0.15) is 24.0 Å². The molecule has 80 valence electrons. The highest BCUT2D eigenvalue weighted by Gasteiger charge is 2.40. The van der Waals surface area contributed by atoms with Crippen molar-refractivity contribution >= 4 is 5.97 Å². The molecule has 0 aliphatic carbocycles. The Balaban J connectivity index is 2.34. The largest absolute Gasteiger partial charge is 0.481 e. The standard InChI is InChI=1S/C12H15NO2/c1-9-4-2-3-5-10(9)12(6-7-13-12)8-11(14)15/h2-5,13H,6-8H2,1H3,(H,14,15). The molecule has 1 aliphatic rings. The van der Waals surface area contributed by atoms with Crippen molar-refractivity contribution in [2.45, 2.75) is 25.3 Å². The molecule has 3 nitrogen and oxygen atoms in total. The minimum Gasteiger partial charge on any atom is -0.481 e. The molecular formula is C12H15NO2. The average molecular weight is 205 g/mol. The third-order valence-corrected chi connectivity index (χ3v) is 3.13. The van der Waals surface area contributed by atoms with Crippen LogP contribution in [-0.2, 0) is 10.3 Å². The average Bonchev–Trinajstić information content (AvgIpc) is 2.12. The van der Waals surface area contributed by atoms with Crippen LogP contribution in [-0.4, -0.2) is 17.6 Å². The summed E-state index contributed by atoms with van der Waals surface area (Å²) in [6.45, 7) is 2.93. The molecule has 0 bridgehead atoms. The normalized spacial score (nSPS) is 24.6. The second-order valence-corrected chi connectivity index (χ2v) is 4.14. The van der Waals surface area contributed by atoms with E-state index >= 15 is 0 Å². The molecule has 1 atom stereocenters. The van der Waals surface area contributed by atoms with Gasteiger partial charge in [-0.2, -0.15) is 0 Å². The minimum atomic E-state index is -0.745. The summed E-state index contributed by atoms with van der Waals surface area (Å²) < 4.78 is 0. The number of aryl methyl sites for hydroxylation is 1. The van der Waals surface area contributed by atoms with E-state index in [9.17, 15) is 4.79 Å². The van der Waals surface area contributed by atoms with Crippen molar-refractivity contribution in [2.24, 2.45) is 0 Å². The maximum absolute atomic E-state index is 10.9. The van der Waals surface area contributed by atoms with Gasteiger partial charge in [0.15, 0.2) is 0 Å². The molecule has 0 amide bonds. The van der Waals surface area contributed by atoms with E-state index in [0.717, 1.165) is 24.1 Å². The van der Waals surface area contributed by atoms with Gasteiger partial charge in [-0.1, -0.05) is 24.3 Å². The topological polar surface area (TPSA) is 49.3 Å². The van der Waals surface area contributed by atoms with Gasteiger partial charge in [0.05, 0.1) is 12.0 Å². The van der Waals surface area contributed by atoms with E-state index in [1.165, 1.54) is 0 Å². The van der Waals surface area contributed by atoms with Gasteiger partial charge in [0.2, 0.25) is 0 Å². The number of carbonyl (C=O) groups is 1. The Bertz CT molecular complexity index is 383. The third-order valence-electron chi connectivity index (χ3n) is 3.13. The smallest absolute Gasteiger partial charge is 0.305 e. The number of hydrogen-bond donors (Lipinski definition) is 2. The zero-order chi connectivity index (χ0) is 10.9. The van der Waals surface area contributed by atoms with Gasteiger partial charge in [0.1, 0.15) is 0 Å². The lowest BCUT2D eigenvalue weighted by Gasteiger charge is -2.43. The monoisotopic (exact) mass is 205 g/mol. The second-order valence-electron chi connectivity index (χ2n) is 4.14. The number of hydrogen-bond acceptors (Lipinski definition) is 2. The van der Waals surface area contributed by atoms with Crippen molar-refractivity contribution in [3.05, 3.63) is 35.4 Å². The first-order chi connectivity index (χ1) is 7.14. The van der Waals surface area contributed by atoms with Crippen LogP contribution >= 0.6 is 0 Å². The van der Waals surface area contributed by atoms with Crippen LogP contribution in [0.5, 0.6) is 0 Å². The van der Waals surface area contributed by atoms with Gasteiger partial charge in [-0.3, -0.25) is 4.79 Å². The third kappa shape index (κ3) is 1.75. The van der Waals surface area contributed by atoms with Crippen LogP contribution in [0.25, 0.3) is 0 Å². The SMILES string of the molecule is Cc1ccccc1C1(CC(=O)O)CCN1. The second kappa shape index (κ2) is 3.66. The van der Waals surface area contributed by atoms with Crippen molar-refractivity contribution in [3.63, 3.8) is 0 Å². The molecule has 1 aromatic rings. The molecule has 0 radical (unpaired) electrons. The first-order valence-electron chi connectivity index (χ1n) is 5.17.